The summed E-state index contributed by atoms with van der Waals surface area (Å²) in [6, 6.07) is 44.3. The first-order valence-electron chi connectivity index (χ1n) is 16.7. The summed E-state index contributed by atoms with van der Waals surface area (Å²) in [5.74, 6) is 0. The molecule has 1 atom stereocenters. The van der Waals surface area contributed by atoms with Crippen molar-refractivity contribution in [3.05, 3.63) is 151 Å². The van der Waals surface area contributed by atoms with Gasteiger partial charge < -0.3 is 9.13 Å². The van der Waals surface area contributed by atoms with Gasteiger partial charge in [-0.25, -0.2) is 0 Å². The van der Waals surface area contributed by atoms with E-state index >= 15 is 0 Å². The van der Waals surface area contributed by atoms with Gasteiger partial charge in [0.2, 0.25) is 0 Å². The van der Waals surface area contributed by atoms with E-state index in [2.05, 4.69) is 130 Å². The highest BCUT2D eigenvalue weighted by atomic mass is 32.1. The zero-order valence-corrected chi connectivity index (χ0v) is 27.2. The Labute approximate surface area is 285 Å². The molecular weight excluding hydrogens is 617 g/mol. The van der Waals surface area contributed by atoms with Crippen molar-refractivity contribution >= 4 is 86.5 Å². The number of fused-ring (bicyclic) bond motifs is 10. The molecule has 6 aromatic carbocycles. The van der Waals surface area contributed by atoms with Gasteiger partial charge in [-0.2, -0.15) is 0 Å². The highest BCUT2D eigenvalue weighted by Crippen LogP contribution is 2.50. The van der Waals surface area contributed by atoms with E-state index in [1.54, 1.807) is 0 Å². The molecule has 0 saturated heterocycles. The molecule has 0 amide bonds. The molecule has 0 saturated carbocycles. The van der Waals surface area contributed by atoms with Gasteiger partial charge in [0.25, 0.3) is 0 Å². The van der Waals surface area contributed by atoms with E-state index in [0.29, 0.717) is 5.71 Å². The lowest BCUT2D eigenvalue weighted by molar-refractivity contribution is 0.654. The average Bonchev–Trinajstić information content (AvgIpc) is 3.88. The molecule has 11 rings (SSSR count). The standard InChI is InChI=1S/C44H28N4S/c45-34-17-6-7-18-35(34)46-36-25-47-37-22-21-26(23-32(37)33-24-40-41(42(36)44(33)47)31-14-5-9-20-39(31)49-40)28-15-10-16-30-29-13-4-8-19-38(29)48(43(28)30)27-11-2-1-3-12-27/h1-24,36,45H,25H2/b45-34?,46-35-. The maximum absolute atomic E-state index is 8.57. The lowest BCUT2D eigenvalue weighted by Gasteiger charge is -2.14. The molecule has 5 heteroatoms. The quantitative estimate of drug-likeness (QED) is 0.186. The predicted molar refractivity (Wildman–Crippen MR) is 208 cm³/mol. The van der Waals surface area contributed by atoms with Gasteiger partial charge in [-0.3, -0.25) is 10.4 Å². The zero-order chi connectivity index (χ0) is 32.2. The fraction of sp³-hybridized carbons (Fsp3) is 0.0455. The summed E-state index contributed by atoms with van der Waals surface area (Å²) in [6.45, 7) is 0.754. The summed E-state index contributed by atoms with van der Waals surface area (Å²) in [5.41, 5.74) is 11.0. The minimum atomic E-state index is -0.0647. The highest BCUT2D eigenvalue weighted by molar-refractivity contribution is 7.26. The van der Waals surface area contributed by atoms with Crippen LogP contribution in [0.2, 0.25) is 0 Å². The van der Waals surface area contributed by atoms with Crippen LogP contribution in [0.15, 0.2) is 151 Å². The number of benzene rings is 6. The number of nitrogens with one attached hydrogen (secondary N) is 1. The van der Waals surface area contributed by atoms with E-state index < -0.39 is 0 Å². The van der Waals surface area contributed by atoms with Crippen LogP contribution < -0.4 is 0 Å². The fourth-order valence-corrected chi connectivity index (χ4v) is 9.57. The monoisotopic (exact) mass is 644 g/mol. The number of hydrogen-bond acceptors (Lipinski definition) is 3. The lowest BCUT2D eigenvalue weighted by atomic mass is 9.96. The predicted octanol–water partition coefficient (Wildman–Crippen LogP) is 11.6. The molecule has 1 N–H and O–H groups in total. The van der Waals surface area contributed by atoms with E-state index in [1.165, 1.54) is 80.5 Å². The van der Waals surface area contributed by atoms with Crippen molar-refractivity contribution in [3.63, 3.8) is 0 Å². The van der Waals surface area contributed by atoms with Crippen LogP contribution in [0.3, 0.4) is 0 Å². The number of nitrogens with zero attached hydrogens (tertiary/aromatic N) is 3. The third-order valence-corrected chi connectivity index (χ3v) is 11.6. The fourth-order valence-electron chi connectivity index (χ4n) is 8.41. The van der Waals surface area contributed by atoms with Crippen molar-refractivity contribution in [3.8, 4) is 16.8 Å². The van der Waals surface area contributed by atoms with Crippen molar-refractivity contribution in [1.82, 2.24) is 9.13 Å². The maximum atomic E-state index is 8.57. The van der Waals surface area contributed by atoms with Crippen molar-refractivity contribution < 1.29 is 0 Å². The Morgan fingerprint density at radius 2 is 1.43 bits per heavy atom. The number of thiophene rings is 1. The van der Waals surface area contributed by atoms with Crippen LogP contribution in [-0.2, 0) is 6.54 Å². The molecule has 1 aliphatic heterocycles. The molecule has 0 spiro atoms. The molecular formula is C44H28N4S. The number of aliphatic imine (C=N–C) groups is 1. The van der Waals surface area contributed by atoms with Crippen LogP contribution in [0.5, 0.6) is 0 Å². The summed E-state index contributed by atoms with van der Waals surface area (Å²) in [5, 5.41) is 16.2. The number of para-hydroxylation sites is 3. The highest BCUT2D eigenvalue weighted by Gasteiger charge is 2.32. The second kappa shape index (κ2) is 9.99. The van der Waals surface area contributed by atoms with E-state index in [-0.39, 0.29) is 6.04 Å². The molecule has 230 valence electrons. The lowest BCUT2D eigenvalue weighted by Crippen LogP contribution is -2.12. The molecule has 49 heavy (non-hydrogen) atoms. The van der Waals surface area contributed by atoms with Crippen LogP contribution in [-0.4, -0.2) is 20.6 Å². The number of hydrogen-bond donors (Lipinski definition) is 1. The summed E-state index contributed by atoms with van der Waals surface area (Å²) < 4.78 is 7.49. The van der Waals surface area contributed by atoms with Crippen molar-refractivity contribution in [1.29, 1.82) is 5.41 Å². The Hall–Kier alpha value is -6.04. The second-order valence-electron chi connectivity index (χ2n) is 13.1. The van der Waals surface area contributed by atoms with Gasteiger partial charge in [0.15, 0.2) is 0 Å². The number of allylic oxidation sites excluding steroid dienone is 4. The van der Waals surface area contributed by atoms with Crippen molar-refractivity contribution in [2.45, 2.75) is 12.6 Å². The van der Waals surface area contributed by atoms with Gasteiger partial charge in [-0.15, -0.1) is 11.3 Å². The van der Waals surface area contributed by atoms with Gasteiger partial charge in [0, 0.05) is 70.6 Å². The van der Waals surface area contributed by atoms with Crippen LogP contribution in [0.4, 0.5) is 0 Å². The second-order valence-corrected chi connectivity index (χ2v) is 14.1. The van der Waals surface area contributed by atoms with Crippen LogP contribution in [0, 0.1) is 5.41 Å². The molecule has 1 aliphatic carbocycles. The summed E-state index contributed by atoms with van der Waals surface area (Å²) in [7, 11) is 0. The first-order chi connectivity index (χ1) is 24.2. The Morgan fingerprint density at radius 1 is 0.633 bits per heavy atom. The Morgan fingerprint density at radius 3 is 2.33 bits per heavy atom. The summed E-state index contributed by atoms with van der Waals surface area (Å²) in [6.07, 6.45) is 7.70. The smallest absolute Gasteiger partial charge is 0.0963 e. The van der Waals surface area contributed by atoms with Gasteiger partial charge >= 0.3 is 0 Å². The van der Waals surface area contributed by atoms with E-state index in [0.717, 1.165) is 17.9 Å². The maximum Gasteiger partial charge on any atom is 0.0963 e. The summed E-state index contributed by atoms with van der Waals surface area (Å²) in [4.78, 5) is 5.27. The topological polar surface area (TPSA) is 46.1 Å². The molecule has 0 radical (unpaired) electrons. The molecule has 2 aliphatic rings. The van der Waals surface area contributed by atoms with Crippen LogP contribution in [0.25, 0.3) is 80.6 Å². The van der Waals surface area contributed by atoms with Crippen molar-refractivity contribution in [2.75, 3.05) is 0 Å². The van der Waals surface area contributed by atoms with Gasteiger partial charge in [0.1, 0.15) is 0 Å². The van der Waals surface area contributed by atoms with Crippen molar-refractivity contribution in [2.24, 2.45) is 4.99 Å². The third kappa shape index (κ3) is 3.73. The van der Waals surface area contributed by atoms with Gasteiger partial charge in [-0.1, -0.05) is 91.0 Å². The molecule has 1 unspecified atom stereocenters. The Kier molecular flexibility index (Phi) is 5.50. The zero-order valence-electron chi connectivity index (χ0n) is 26.4. The molecule has 9 aromatic rings. The van der Waals surface area contributed by atoms with E-state index in [4.69, 9.17) is 10.4 Å². The summed E-state index contributed by atoms with van der Waals surface area (Å²) >= 11 is 1.87. The molecule has 0 bridgehead atoms. The molecule has 3 aromatic heterocycles. The minimum absolute atomic E-state index is 0.0647. The van der Waals surface area contributed by atoms with Gasteiger partial charge in [-0.05, 0) is 60.2 Å². The molecule has 4 nitrogen and oxygen atoms in total. The van der Waals surface area contributed by atoms with Crippen LogP contribution in [0.1, 0.15) is 11.6 Å². The average molecular weight is 645 g/mol. The third-order valence-electron chi connectivity index (χ3n) is 10.4. The van der Waals surface area contributed by atoms with Gasteiger partial charge in [0.05, 0.1) is 34.0 Å². The first kappa shape index (κ1) is 27.0. The number of aromatic nitrogens is 2. The first-order valence-corrected chi connectivity index (χ1v) is 17.5. The molecule has 4 heterocycles. The Balaban J connectivity index is 1.20. The largest absolute Gasteiger partial charge is 0.338 e. The molecule has 0 fully saturated rings. The minimum Gasteiger partial charge on any atom is -0.338 e. The number of rotatable bonds is 3. The SMILES string of the molecule is N=C1C=CC=C/C1=N/C1Cn2c3ccc(-c4cccc5c6ccccc6n(-c6ccccc6)c45)cc3c3cc4sc5ccccc5c4c1c32. The van der Waals surface area contributed by atoms with E-state index in [1.807, 2.05) is 35.6 Å². The normalized spacial score (nSPS) is 16.6. The van der Waals surface area contributed by atoms with Crippen LogP contribution >= 0.6 is 11.3 Å². The van der Waals surface area contributed by atoms with E-state index in [9.17, 15) is 0 Å². The Bertz CT molecular complexity index is 2980.